The van der Waals surface area contributed by atoms with Crippen molar-refractivity contribution in [3.05, 3.63) is 59.2 Å². The number of rotatable bonds is 2. The third kappa shape index (κ3) is 2.90. The first kappa shape index (κ1) is 12.7. The van der Waals surface area contributed by atoms with Gasteiger partial charge in [-0.05, 0) is 37.3 Å². The molecule has 2 rings (SSSR count). The number of amides is 1. The first-order valence-corrected chi connectivity index (χ1v) is 5.78. The number of aryl methyl sites for hydroxylation is 1. The summed E-state index contributed by atoms with van der Waals surface area (Å²) < 4.78 is 0. The van der Waals surface area contributed by atoms with E-state index in [1.165, 1.54) is 0 Å². The van der Waals surface area contributed by atoms with Crippen molar-refractivity contribution in [2.75, 3.05) is 11.1 Å². The maximum absolute atomic E-state index is 12.1. The van der Waals surface area contributed by atoms with Crippen LogP contribution < -0.4 is 11.1 Å². The predicted octanol–water partition coefficient (Wildman–Crippen LogP) is 2.70. The topological polar surface area (TPSA) is 78.9 Å². The maximum Gasteiger partial charge on any atom is 0.255 e. The lowest BCUT2D eigenvalue weighted by Gasteiger charge is -2.08. The number of benzene rings is 2. The summed E-state index contributed by atoms with van der Waals surface area (Å²) in [5.74, 6) is -0.245. The Kier molecular flexibility index (Phi) is 3.48. The Morgan fingerprint density at radius 3 is 2.74 bits per heavy atom. The highest BCUT2D eigenvalue weighted by atomic mass is 16.1. The van der Waals surface area contributed by atoms with Crippen LogP contribution in [0.1, 0.15) is 21.5 Å². The van der Waals surface area contributed by atoms with Gasteiger partial charge in [-0.25, -0.2) is 0 Å². The largest absolute Gasteiger partial charge is 0.397 e. The van der Waals surface area contributed by atoms with Crippen LogP contribution in [0.25, 0.3) is 0 Å². The average molecular weight is 251 g/mol. The summed E-state index contributed by atoms with van der Waals surface area (Å²) in [5.41, 5.74) is 8.67. The van der Waals surface area contributed by atoms with Gasteiger partial charge < -0.3 is 11.1 Å². The molecule has 94 valence electrons. The van der Waals surface area contributed by atoms with Crippen molar-refractivity contribution < 1.29 is 4.79 Å². The molecule has 0 aliphatic heterocycles. The SMILES string of the molecule is Cc1cccc(C(=O)Nc2cc(C#N)ccc2N)c1. The van der Waals surface area contributed by atoms with Crippen LogP contribution in [0.5, 0.6) is 0 Å². The molecule has 0 aliphatic rings. The van der Waals surface area contributed by atoms with Gasteiger partial charge in [0.1, 0.15) is 0 Å². The highest BCUT2D eigenvalue weighted by Gasteiger charge is 2.08. The second-order valence-electron chi connectivity index (χ2n) is 4.24. The average Bonchev–Trinajstić information content (AvgIpc) is 2.41. The Hall–Kier alpha value is -2.80. The van der Waals surface area contributed by atoms with Gasteiger partial charge in [-0.3, -0.25) is 4.79 Å². The number of carbonyl (C=O) groups is 1. The molecule has 3 N–H and O–H groups in total. The van der Waals surface area contributed by atoms with Gasteiger partial charge in [0.05, 0.1) is 23.0 Å². The van der Waals surface area contributed by atoms with E-state index < -0.39 is 0 Å². The highest BCUT2D eigenvalue weighted by molar-refractivity contribution is 6.05. The number of nitrogens with zero attached hydrogens (tertiary/aromatic N) is 1. The van der Waals surface area contributed by atoms with Gasteiger partial charge in [0.25, 0.3) is 5.91 Å². The van der Waals surface area contributed by atoms with Crippen LogP contribution in [0.3, 0.4) is 0 Å². The number of hydrogen-bond acceptors (Lipinski definition) is 3. The van der Waals surface area contributed by atoms with Gasteiger partial charge in [-0.15, -0.1) is 0 Å². The third-order valence-corrected chi connectivity index (χ3v) is 2.71. The summed E-state index contributed by atoms with van der Waals surface area (Å²) in [5, 5.41) is 11.6. The van der Waals surface area contributed by atoms with Gasteiger partial charge >= 0.3 is 0 Å². The second kappa shape index (κ2) is 5.23. The molecule has 0 fully saturated rings. The van der Waals surface area contributed by atoms with Crippen LogP contribution in [-0.4, -0.2) is 5.91 Å². The van der Waals surface area contributed by atoms with E-state index in [0.29, 0.717) is 22.5 Å². The molecular formula is C15H13N3O. The molecular weight excluding hydrogens is 238 g/mol. The molecule has 0 aliphatic carbocycles. The molecule has 2 aromatic carbocycles. The van der Waals surface area contributed by atoms with Gasteiger partial charge in [0, 0.05) is 5.56 Å². The zero-order valence-electron chi connectivity index (χ0n) is 10.5. The molecule has 0 spiro atoms. The van der Waals surface area contributed by atoms with E-state index >= 15 is 0 Å². The first-order valence-electron chi connectivity index (χ1n) is 5.78. The van der Waals surface area contributed by atoms with E-state index in [4.69, 9.17) is 11.0 Å². The fourth-order valence-electron chi connectivity index (χ4n) is 1.71. The lowest BCUT2D eigenvalue weighted by atomic mass is 10.1. The van der Waals surface area contributed by atoms with Crippen molar-refractivity contribution in [3.8, 4) is 6.07 Å². The van der Waals surface area contributed by atoms with Gasteiger partial charge in [-0.2, -0.15) is 5.26 Å². The Balaban J connectivity index is 2.27. The number of carbonyl (C=O) groups excluding carboxylic acids is 1. The molecule has 2 aromatic rings. The smallest absolute Gasteiger partial charge is 0.255 e. The van der Waals surface area contributed by atoms with E-state index in [1.807, 2.05) is 25.1 Å². The number of anilines is 2. The minimum Gasteiger partial charge on any atom is -0.397 e. The zero-order chi connectivity index (χ0) is 13.8. The first-order chi connectivity index (χ1) is 9.10. The monoisotopic (exact) mass is 251 g/mol. The summed E-state index contributed by atoms with van der Waals surface area (Å²) in [6, 6.07) is 14.0. The molecule has 0 bridgehead atoms. The molecule has 0 radical (unpaired) electrons. The van der Waals surface area contributed by atoms with E-state index in [-0.39, 0.29) is 5.91 Å². The van der Waals surface area contributed by atoms with Crippen molar-refractivity contribution >= 4 is 17.3 Å². The summed E-state index contributed by atoms with van der Waals surface area (Å²) in [4.78, 5) is 12.1. The summed E-state index contributed by atoms with van der Waals surface area (Å²) in [6.45, 7) is 1.92. The molecule has 0 saturated heterocycles. The number of nitriles is 1. The van der Waals surface area contributed by atoms with Crippen LogP contribution in [-0.2, 0) is 0 Å². The zero-order valence-corrected chi connectivity index (χ0v) is 10.5. The molecule has 0 heterocycles. The van der Waals surface area contributed by atoms with Crippen molar-refractivity contribution in [1.82, 2.24) is 0 Å². The number of nitrogens with two attached hydrogens (primary N) is 1. The quantitative estimate of drug-likeness (QED) is 0.805. The normalized spacial score (nSPS) is 9.68. The van der Waals surface area contributed by atoms with Crippen molar-refractivity contribution in [2.24, 2.45) is 0 Å². The van der Waals surface area contributed by atoms with Crippen LogP contribution in [0.4, 0.5) is 11.4 Å². The van der Waals surface area contributed by atoms with Crippen molar-refractivity contribution in [3.63, 3.8) is 0 Å². The van der Waals surface area contributed by atoms with Gasteiger partial charge in [0.2, 0.25) is 0 Å². The molecule has 0 atom stereocenters. The number of nitrogens with one attached hydrogen (secondary N) is 1. The van der Waals surface area contributed by atoms with E-state index in [9.17, 15) is 4.79 Å². The minimum atomic E-state index is -0.245. The summed E-state index contributed by atoms with van der Waals surface area (Å²) in [7, 11) is 0. The maximum atomic E-state index is 12.1. The Labute approximate surface area is 111 Å². The van der Waals surface area contributed by atoms with Crippen LogP contribution >= 0.6 is 0 Å². The van der Waals surface area contributed by atoms with Crippen LogP contribution in [0.15, 0.2) is 42.5 Å². The second-order valence-corrected chi connectivity index (χ2v) is 4.24. The van der Waals surface area contributed by atoms with Crippen molar-refractivity contribution in [1.29, 1.82) is 5.26 Å². The Morgan fingerprint density at radius 2 is 2.05 bits per heavy atom. The summed E-state index contributed by atoms with van der Waals surface area (Å²) in [6.07, 6.45) is 0. The molecule has 0 aromatic heterocycles. The minimum absolute atomic E-state index is 0.245. The van der Waals surface area contributed by atoms with Gasteiger partial charge in [-0.1, -0.05) is 17.7 Å². The van der Waals surface area contributed by atoms with E-state index in [1.54, 1.807) is 30.3 Å². The molecule has 1 amide bonds. The molecule has 0 saturated carbocycles. The van der Waals surface area contributed by atoms with E-state index in [0.717, 1.165) is 5.56 Å². The highest BCUT2D eigenvalue weighted by Crippen LogP contribution is 2.20. The molecule has 19 heavy (non-hydrogen) atoms. The fourth-order valence-corrected chi connectivity index (χ4v) is 1.71. The van der Waals surface area contributed by atoms with Crippen molar-refractivity contribution in [2.45, 2.75) is 6.92 Å². The third-order valence-electron chi connectivity index (χ3n) is 2.71. The molecule has 0 unspecified atom stereocenters. The van der Waals surface area contributed by atoms with Gasteiger partial charge in [0.15, 0.2) is 0 Å². The fraction of sp³-hybridized carbons (Fsp3) is 0.0667. The standard InChI is InChI=1S/C15H13N3O/c1-10-3-2-4-12(7-10)15(19)18-14-8-11(9-16)5-6-13(14)17/h2-8H,17H2,1H3,(H,18,19). The van der Waals surface area contributed by atoms with Crippen LogP contribution in [0, 0.1) is 18.3 Å². The predicted molar refractivity (Wildman–Crippen MR) is 74.7 cm³/mol. The number of nitrogen functional groups attached to an aromatic ring is 1. The summed E-state index contributed by atoms with van der Waals surface area (Å²) >= 11 is 0. The van der Waals surface area contributed by atoms with E-state index in [2.05, 4.69) is 5.32 Å². The molecule has 4 nitrogen and oxygen atoms in total. The van der Waals surface area contributed by atoms with Crippen LogP contribution in [0.2, 0.25) is 0 Å². The lowest BCUT2D eigenvalue weighted by molar-refractivity contribution is 0.102. The Morgan fingerprint density at radius 1 is 1.26 bits per heavy atom. The molecule has 4 heteroatoms. The Bertz CT molecular complexity index is 671. The number of hydrogen-bond donors (Lipinski definition) is 2. The lowest BCUT2D eigenvalue weighted by Crippen LogP contribution is -2.13.